The van der Waals surface area contributed by atoms with E-state index >= 15 is 0 Å². The number of ether oxygens (including phenoxy) is 2. The van der Waals surface area contributed by atoms with Gasteiger partial charge in [-0.1, -0.05) is 19.6 Å². The van der Waals surface area contributed by atoms with E-state index in [1.54, 1.807) is 18.2 Å². The number of nitrogens with one attached hydrogen (secondary N) is 2. The van der Waals surface area contributed by atoms with Crippen LogP contribution in [0.25, 0.3) is 16.7 Å². The van der Waals surface area contributed by atoms with Gasteiger partial charge in [-0.3, -0.25) is 14.7 Å². The first-order valence-corrected chi connectivity index (χ1v) is 12.9. The van der Waals surface area contributed by atoms with E-state index in [1.165, 1.54) is 18.4 Å². The van der Waals surface area contributed by atoms with Crippen molar-refractivity contribution < 1.29 is 14.3 Å². The number of anilines is 2. The molecule has 1 saturated heterocycles. The van der Waals surface area contributed by atoms with Crippen molar-refractivity contribution >= 4 is 22.9 Å². The van der Waals surface area contributed by atoms with Crippen LogP contribution in [0.4, 0.5) is 11.4 Å². The lowest BCUT2D eigenvalue weighted by Crippen LogP contribution is -2.32. The summed E-state index contributed by atoms with van der Waals surface area (Å²) in [7, 11) is 1.84. The SMILES string of the molecule is C=C(C(=O)Nc1ccc2c(c1)OCCO2)c1cc(-c2cncc(CN3CCC(C)CC3)c2)ccc1NC. The third kappa shape index (κ3) is 5.78. The average molecular weight is 499 g/mol. The number of hydrogen-bond donors (Lipinski definition) is 2. The van der Waals surface area contributed by atoms with Crippen molar-refractivity contribution in [3.8, 4) is 22.6 Å². The van der Waals surface area contributed by atoms with E-state index in [0.717, 1.165) is 47.9 Å². The van der Waals surface area contributed by atoms with Gasteiger partial charge >= 0.3 is 0 Å². The minimum Gasteiger partial charge on any atom is -0.486 e. The van der Waals surface area contributed by atoms with Crippen molar-refractivity contribution in [2.45, 2.75) is 26.3 Å². The molecule has 2 aromatic carbocycles. The molecular formula is C30H34N4O3. The average Bonchev–Trinajstić information content (AvgIpc) is 2.93. The van der Waals surface area contributed by atoms with E-state index in [-0.39, 0.29) is 5.91 Å². The maximum Gasteiger partial charge on any atom is 0.255 e. The molecule has 0 bridgehead atoms. The summed E-state index contributed by atoms with van der Waals surface area (Å²) in [5, 5.41) is 6.12. The second-order valence-corrected chi connectivity index (χ2v) is 9.84. The van der Waals surface area contributed by atoms with Gasteiger partial charge < -0.3 is 20.1 Å². The first-order valence-electron chi connectivity index (χ1n) is 12.9. The minimum atomic E-state index is -0.281. The summed E-state index contributed by atoms with van der Waals surface area (Å²) in [6.45, 7) is 10.6. The van der Waals surface area contributed by atoms with E-state index < -0.39 is 0 Å². The number of likely N-dealkylation sites (tertiary alicyclic amines) is 1. The van der Waals surface area contributed by atoms with Crippen LogP contribution < -0.4 is 20.1 Å². The molecule has 0 atom stereocenters. The number of carbonyl (C=O) groups is 1. The smallest absolute Gasteiger partial charge is 0.255 e. The number of aromatic nitrogens is 1. The Morgan fingerprint density at radius 1 is 1.03 bits per heavy atom. The number of piperidine rings is 1. The third-order valence-electron chi connectivity index (χ3n) is 7.10. The predicted octanol–water partition coefficient (Wildman–Crippen LogP) is 5.45. The van der Waals surface area contributed by atoms with Crippen LogP contribution in [0.5, 0.6) is 11.5 Å². The van der Waals surface area contributed by atoms with Gasteiger partial charge in [0.15, 0.2) is 11.5 Å². The summed E-state index contributed by atoms with van der Waals surface area (Å²) in [4.78, 5) is 20.2. The molecule has 3 heterocycles. The molecule has 3 aromatic rings. The molecule has 2 aliphatic heterocycles. The van der Waals surface area contributed by atoms with E-state index in [4.69, 9.17) is 9.47 Å². The quantitative estimate of drug-likeness (QED) is 0.422. The van der Waals surface area contributed by atoms with E-state index in [1.807, 2.05) is 37.6 Å². The van der Waals surface area contributed by atoms with Gasteiger partial charge in [-0.2, -0.15) is 0 Å². The first-order chi connectivity index (χ1) is 18.0. The molecule has 0 unspecified atom stereocenters. The van der Waals surface area contributed by atoms with Gasteiger partial charge in [0.05, 0.1) is 0 Å². The Kier molecular flexibility index (Phi) is 7.42. The summed E-state index contributed by atoms with van der Waals surface area (Å²) in [6, 6.07) is 13.6. The van der Waals surface area contributed by atoms with Crippen LogP contribution >= 0.6 is 0 Å². The zero-order valence-electron chi connectivity index (χ0n) is 21.5. The Balaban J connectivity index is 1.34. The molecule has 7 heteroatoms. The Labute approximate surface area is 218 Å². The number of amides is 1. The van der Waals surface area contributed by atoms with Crippen LogP contribution in [0.2, 0.25) is 0 Å². The monoisotopic (exact) mass is 498 g/mol. The van der Waals surface area contributed by atoms with Gasteiger partial charge in [0.25, 0.3) is 5.91 Å². The van der Waals surface area contributed by atoms with Crippen molar-refractivity contribution in [3.63, 3.8) is 0 Å². The van der Waals surface area contributed by atoms with Gasteiger partial charge in [0.2, 0.25) is 0 Å². The molecule has 2 N–H and O–H groups in total. The summed E-state index contributed by atoms with van der Waals surface area (Å²) in [6.07, 6.45) is 6.32. The van der Waals surface area contributed by atoms with Gasteiger partial charge in [-0.25, -0.2) is 0 Å². The molecule has 5 rings (SSSR count). The Bertz CT molecular complexity index is 1300. The fourth-order valence-electron chi connectivity index (χ4n) is 4.85. The second-order valence-electron chi connectivity index (χ2n) is 9.84. The van der Waals surface area contributed by atoms with Gasteiger partial charge in [0.1, 0.15) is 13.2 Å². The van der Waals surface area contributed by atoms with Crippen molar-refractivity contribution in [3.05, 3.63) is 72.6 Å². The highest BCUT2D eigenvalue weighted by Crippen LogP contribution is 2.34. The van der Waals surface area contributed by atoms with Crippen LogP contribution in [0.1, 0.15) is 30.9 Å². The molecular weight excluding hydrogens is 464 g/mol. The fourth-order valence-corrected chi connectivity index (χ4v) is 4.85. The Morgan fingerprint density at radius 3 is 2.59 bits per heavy atom. The van der Waals surface area contributed by atoms with Crippen LogP contribution in [-0.2, 0) is 11.3 Å². The normalized spacial score (nSPS) is 15.7. The summed E-state index contributed by atoms with van der Waals surface area (Å²) >= 11 is 0. The largest absolute Gasteiger partial charge is 0.486 e. The van der Waals surface area contributed by atoms with E-state index in [2.05, 4.69) is 40.1 Å². The van der Waals surface area contributed by atoms with Crippen LogP contribution in [-0.4, -0.2) is 49.1 Å². The molecule has 1 fully saturated rings. The topological polar surface area (TPSA) is 75.7 Å². The highest BCUT2D eigenvalue weighted by Gasteiger charge is 2.18. The second kappa shape index (κ2) is 11.0. The Morgan fingerprint density at radius 2 is 1.81 bits per heavy atom. The van der Waals surface area contributed by atoms with E-state index in [9.17, 15) is 4.79 Å². The van der Waals surface area contributed by atoms with Crippen molar-refractivity contribution in [1.82, 2.24) is 9.88 Å². The number of nitrogens with zero attached hydrogens (tertiary/aromatic N) is 2. The number of carbonyl (C=O) groups excluding carboxylic acids is 1. The summed E-state index contributed by atoms with van der Waals surface area (Å²) in [5.74, 6) is 1.83. The van der Waals surface area contributed by atoms with Crippen LogP contribution in [0.3, 0.4) is 0 Å². The molecule has 37 heavy (non-hydrogen) atoms. The summed E-state index contributed by atoms with van der Waals surface area (Å²) < 4.78 is 11.2. The maximum atomic E-state index is 13.2. The standard InChI is InChI=1S/C30H34N4O3/c1-20-8-10-34(11-9-20)19-22-14-24(18-32-17-22)23-4-6-27(31-3)26(15-23)21(2)30(35)33-25-5-7-28-29(16-25)37-13-12-36-28/h4-7,14-18,20,31H,2,8-13,19H2,1,3H3,(H,33,35). The van der Waals surface area contributed by atoms with Gasteiger partial charge in [-0.05, 0) is 73.3 Å². The lowest BCUT2D eigenvalue weighted by Gasteiger charge is -2.30. The molecule has 0 aliphatic carbocycles. The van der Waals surface area contributed by atoms with Crippen molar-refractivity contribution in [1.29, 1.82) is 0 Å². The molecule has 1 aromatic heterocycles. The number of rotatable bonds is 7. The van der Waals surface area contributed by atoms with E-state index in [0.29, 0.717) is 36.0 Å². The molecule has 2 aliphatic rings. The molecule has 0 radical (unpaired) electrons. The Hall–Kier alpha value is -3.84. The molecule has 192 valence electrons. The lowest BCUT2D eigenvalue weighted by atomic mass is 9.97. The summed E-state index contributed by atoms with van der Waals surface area (Å²) in [5.41, 5.74) is 5.77. The third-order valence-corrected chi connectivity index (χ3v) is 7.10. The highest BCUT2D eigenvalue weighted by atomic mass is 16.6. The van der Waals surface area contributed by atoms with Crippen molar-refractivity contribution in [2.24, 2.45) is 5.92 Å². The van der Waals surface area contributed by atoms with Gasteiger partial charge in [0, 0.05) is 60.1 Å². The number of benzene rings is 2. The lowest BCUT2D eigenvalue weighted by molar-refractivity contribution is -0.111. The first kappa shape index (κ1) is 24.8. The fraction of sp³-hybridized carbons (Fsp3) is 0.333. The predicted molar refractivity (Wildman–Crippen MR) is 148 cm³/mol. The zero-order valence-corrected chi connectivity index (χ0v) is 21.5. The van der Waals surface area contributed by atoms with Crippen LogP contribution in [0, 0.1) is 5.92 Å². The van der Waals surface area contributed by atoms with Crippen molar-refractivity contribution in [2.75, 3.05) is 44.0 Å². The van der Waals surface area contributed by atoms with Crippen LogP contribution in [0.15, 0.2) is 61.4 Å². The highest BCUT2D eigenvalue weighted by molar-refractivity contribution is 6.26. The molecule has 1 amide bonds. The van der Waals surface area contributed by atoms with Gasteiger partial charge in [-0.15, -0.1) is 0 Å². The number of pyridine rings is 1. The number of fused-ring (bicyclic) bond motifs is 1. The molecule has 0 spiro atoms. The molecule has 7 nitrogen and oxygen atoms in total. The zero-order chi connectivity index (χ0) is 25.8. The maximum absolute atomic E-state index is 13.2. The molecule has 0 saturated carbocycles. The minimum absolute atomic E-state index is 0.281. The number of hydrogen-bond acceptors (Lipinski definition) is 6.